The highest BCUT2D eigenvalue weighted by Crippen LogP contribution is 2.21. The molecule has 3 heterocycles. The Morgan fingerprint density at radius 2 is 2.17 bits per heavy atom. The lowest BCUT2D eigenvalue weighted by Gasteiger charge is -2.24. The second-order valence-electron chi connectivity index (χ2n) is 6.59. The zero-order valence-electron chi connectivity index (χ0n) is 13.3. The molecule has 1 saturated heterocycles. The maximum Gasteiger partial charge on any atom is 0.267 e. The molecular weight excluding hydrogens is 292 g/mol. The van der Waals surface area contributed by atoms with Crippen LogP contribution in [0.3, 0.4) is 0 Å². The van der Waals surface area contributed by atoms with Gasteiger partial charge in [-0.15, -0.1) is 0 Å². The molecule has 6 heteroatoms. The van der Waals surface area contributed by atoms with Gasteiger partial charge in [-0.2, -0.15) is 5.10 Å². The summed E-state index contributed by atoms with van der Waals surface area (Å²) in [6.45, 7) is 2.49. The van der Waals surface area contributed by atoms with Crippen LogP contribution in [0.5, 0.6) is 0 Å². The first-order chi connectivity index (χ1) is 11.3. The van der Waals surface area contributed by atoms with E-state index in [2.05, 4.69) is 15.0 Å². The van der Waals surface area contributed by atoms with E-state index in [4.69, 9.17) is 4.42 Å². The Kier molecular flexibility index (Phi) is 3.99. The molecule has 0 saturated carbocycles. The summed E-state index contributed by atoms with van der Waals surface area (Å²) in [5.74, 6) is 0. The van der Waals surface area contributed by atoms with Crippen molar-refractivity contribution >= 4 is 0 Å². The number of aryl methyl sites for hydroxylation is 2. The predicted molar refractivity (Wildman–Crippen MR) is 85.1 cm³/mol. The molecule has 0 aromatic carbocycles. The van der Waals surface area contributed by atoms with Gasteiger partial charge in [0, 0.05) is 18.7 Å². The molecule has 6 nitrogen and oxygen atoms in total. The van der Waals surface area contributed by atoms with Gasteiger partial charge in [-0.1, -0.05) is 0 Å². The molecule has 2 aliphatic rings. The van der Waals surface area contributed by atoms with Gasteiger partial charge in [0.15, 0.2) is 6.39 Å². The van der Waals surface area contributed by atoms with Gasteiger partial charge < -0.3 is 4.42 Å². The molecule has 23 heavy (non-hydrogen) atoms. The molecule has 0 radical (unpaired) electrons. The molecule has 1 unspecified atom stereocenters. The Morgan fingerprint density at radius 1 is 1.26 bits per heavy atom. The van der Waals surface area contributed by atoms with Crippen molar-refractivity contribution in [2.75, 3.05) is 6.54 Å². The number of nitrogens with zero attached hydrogens (tertiary/aromatic N) is 4. The minimum absolute atomic E-state index is 0.0407. The average Bonchev–Trinajstić information content (AvgIpc) is 3.21. The van der Waals surface area contributed by atoms with E-state index < -0.39 is 0 Å². The van der Waals surface area contributed by atoms with Crippen molar-refractivity contribution in [3.63, 3.8) is 0 Å². The van der Waals surface area contributed by atoms with Crippen LogP contribution in [0.15, 0.2) is 27.9 Å². The highest BCUT2D eigenvalue weighted by atomic mass is 16.3. The maximum absolute atomic E-state index is 12.4. The summed E-state index contributed by atoms with van der Waals surface area (Å²) >= 11 is 0. The third-order valence-electron chi connectivity index (χ3n) is 5.01. The number of rotatable bonds is 4. The van der Waals surface area contributed by atoms with Crippen molar-refractivity contribution in [2.45, 2.75) is 57.7 Å². The third kappa shape index (κ3) is 3.08. The molecule has 0 N–H and O–H groups in total. The first-order valence-corrected chi connectivity index (χ1v) is 8.50. The van der Waals surface area contributed by atoms with Crippen LogP contribution in [0.2, 0.25) is 0 Å². The van der Waals surface area contributed by atoms with E-state index in [0.29, 0.717) is 12.6 Å². The molecule has 1 aliphatic heterocycles. The maximum atomic E-state index is 12.4. The molecule has 1 fully saturated rings. The summed E-state index contributed by atoms with van der Waals surface area (Å²) < 4.78 is 6.73. The SMILES string of the molecule is O=c1cc2c(nn1CC1CCCN1Cc1cocn1)CCCC2. The molecule has 0 amide bonds. The Morgan fingerprint density at radius 3 is 3.04 bits per heavy atom. The van der Waals surface area contributed by atoms with E-state index in [1.54, 1.807) is 17.0 Å². The Labute approximate surface area is 135 Å². The number of likely N-dealkylation sites (tertiary alicyclic amines) is 1. The normalized spacial score (nSPS) is 21.5. The van der Waals surface area contributed by atoms with Gasteiger partial charge in [0.2, 0.25) is 0 Å². The molecule has 0 bridgehead atoms. The number of hydrogen-bond donors (Lipinski definition) is 0. The Hall–Kier alpha value is -1.95. The minimum atomic E-state index is 0.0407. The summed E-state index contributed by atoms with van der Waals surface area (Å²) in [6.07, 6.45) is 9.77. The second-order valence-corrected chi connectivity index (χ2v) is 6.59. The minimum Gasteiger partial charge on any atom is -0.451 e. The third-order valence-corrected chi connectivity index (χ3v) is 5.01. The molecule has 0 spiro atoms. The Bertz CT molecular complexity index is 723. The van der Waals surface area contributed by atoms with E-state index in [0.717, 1.165) is 55.7 Å². The first-order valence-electron chi connectivity index (χ1n) is 8.50. The number of hydrogen-bond acceptors (Lipinski definition) is 5. The average molecular weight is 314 g/mol. The van der Waals surface area contributed by atoms with Crippen LogP contribution < -0.4 is 5.56 Å². The van der Waals surface area contributed by atoms with Crippen LogP contribution in [-0.2, 0) is 25.9 Å². The summed E-state index contributed by atoms with van der Waals surface area (Å²) in [4.78, 5) is 18.9. The number of aromatic nitrogens is 3. The van der Waals surface area contributed by atoms with Crippen molar-refractivity contribution in [1.29, 1.82) is 0 Å². The standard InChI is InChI=1S/C17H22N4O2/c22-17-8-13-4-1-2-6-16(13)19-21(17)10-15-5-3-7-20(15)9-14-11-23-12-18-14/h8,11-12,15H,1-7,9-10H2. The summed E-state index contributed by atoms with van der Waals surface area (Å²) in [7, 11) is 0. The highest BCUT2D eigenvalue weighted by Gasteiger charge is 2.26. The lowest BCUT2D eigenvalue weighted by molar-refractivity contribution is 0.213. The molecule has 122 valence electrons. The van der Waals surface area contributed by atoms with Gasteiger partial charge in [-0.25, -0.2) is 9.67 Å². The van der Waals surface area contributed by atoms with Gasteiger partial charge in [-0.3, -0.25) is 9.69 Å². The van der Waals surface area contributed by atoms with Crippen molar-refractivity contribution in [1.82, 2.24) is 19.7 Å². The van der Waals surface area contributed by atoms with E-state index >= 15 is 0 Å². The van der Waals surface area contributed by atoms with Crippen LogP contribution in [0.4, 0.5) is 0 Å². The van der Waals surface area contributed by atoms with Gasteiger partial charge in [0.1, 0.15) is 6.26 Å². The van der Waals surface area contributed by atoms with Crippen LogP contribution >= 0.6 is 0 Å². The van der Waals surface area contributed by atoms with Crippen LogP contribution in [0.25, 0.3) is 0 Å². The van der Waals surface area contributed by atoms with Crippen molar-refractivity contribution < 1.29 is 4.42 Å². The number of fused-ring (bicyclic) bond motifs is 1. The van der Waals surface area contributed by atoms with Crippen LogP contribution in [0, 0.1) is 0 Å². The number of oxazole rings is 1. The molecule has 2 aromatic rings. The lowest BCUT2D eigenvalue weighted by atomic mass is 9.97. The molecule has 1 atom stereocenters. The molecule has 1 aliphatic carbocycles. The quantitative estimate of drug-likeness (QED) is 0.860. The zero-order chi connectivity index (χ0) is 15.6. The summed E-state index contributed by atoms with van der Waals surface area (Å²) in [6, 6.07) is 2.15. The van der Waals surface area contributed by atoms with E-state index in [-0.39, 0.29) is 5.56 Å². The smallest absolute Gasteiger partial charge is 0.267 e. The van der Waals surface area contributed by atoms with Gasteiger partial charge in [0.05, 0.1) is 17.9 Å². The lowest BCUT2D eigenvalue weighted by Crippen LogP contribution is -2.37. The van der Waals surface area contributed by atoms with Crippen molar-refractivity contribution in [2.24, 2.45) is 0 Å². The zero-order valence-corrected chi connectivity index (χ0v) is 13.3. The summed E-state index contributed by atoms with van der Waals surface area (Å²) in [5, 5.41) is 4.65. The molecule has 4 rings (SSSR count). The van der Waals surface area contributed by atoms with Gasteiger partial charge in [0.25, 0.3) is 5.56 Å². The van der Waals surface area contributed by atoms with E-state index in [1.807, 2.05) is 0 Å². The monoisotopic (exact) mass is 314 g/mol. The fourth-order valence-electron chi connectivity index (χ4n) is 3.77. The topological polar surface area (TPSA) is 64.2 Å². The fourth-order valence-corrected chi connectivity index (χ4v) is 3.77. The summed E-state index contributed by atoms with van der Waals surface area (Å²) in [5.41, 5.74) is 3.27. The van der Waals surface area contributed by atoms with Crippen LogP contribution in [-0.4, -0.2) is 32.3 Å². The largest absolute Gasteiger partial charge is 0.451 e. The Balaban J connectivity index is 1.51. The van der Waals surface area contributed by atoms with Gasteiger partial charge >= 0.3 is 0 Å². The van der Waals surface area contributed by atoms with Crippen LogP contribution in [0.1, 0.15) is 42.6 Å². The van der Waals surface area contributed by atoms with E-state index in [1.165, 1.54) is 19.2 Å². The molecular formula is C17H22N4O2. The van der Waals surface area contributed by atoms with Gasteiger partial charge in [-0.05, 0) is 50.6 Å². The van der Waals surface area contributed by atoms with Crippen molar-refractivity contribution in [3.05, 3.63) is 46.0 Å². The second kappa shape index (κ2) is 6.28. The molecule has 2 aromatic heterocycles. The van der Waals surface area contributed by atoms with Crippen molar-refractivity contribution in [3.8, 4) is 0 Å². The first kappa shape index (κ1) is 14.6. The highest BCUT2D eigenvalue weighted by molar-refractivity contribution is 5.20. The van der Waals surface area contributed by atoms with E-state index in [9.17, 15) is 4.79 Å². The fraction of sp³-hybridized carbons (Fsp3) is 0.588. The predicted octanol–water partition coefficient (Wildman–Crippen LogP) is 1.77.